The number of benzene rings is 2. The van der Waals surface area contributed by atoms with Gasteiger partial charge < -0.3 is 15.0 Å². The SMILES string of the molecule is CCc1ccc(NC(=O)[C@H](C)OC(=O)c2ccc(N3CCCC3)c([N+](=O)[O-])c2)cc1. The Kier molecular flexibility index (Phi) is 6.66. The van der Waals surface area contributed by atoms with Crippen LogP contribution >= 0.6 is 0 Å². The second-order valence-electron chi connectivity index (χ2n) is 7.24. The van der Waals surface area contributed by atoms with Crippen LogP contribution in [0.15, 0.2) is 42.5 Å². The van der Waals surface area contributed by atoms with Gasteiger partial charge in [0, 0.05) is 24.8 Å². The molecule has 2 aromatic carbocycles. The lowest BCUT2D eigenvalue weighted by atomic mass is 10.1. The maximum absolute atomic E-state index is 12.5. The van der Waals surface area contributed by atoms with Crippen LogP contribution in [0.5, 0.6) is 0 Å². The number of nitro benzene ring substituents is 1. The molecule has 0 bridgehead atoms. The molecule has 30 heavy (non-hydrogen) atoms. The Morgan fingerprint density at radius 1 is 1.17 bits per heavy atom. The van der Waals surface area contributed by atoms with Crippen molar-refractivity contribution in [1.82, 2.24) is 0 Å². The highest BCUT2D eigenvalue weighted by Crippen LogP contribution is 2.32. The van der Waals surface area contributed by atoms with Crippen molar-refractivity contribution in [2.75, 3.05) is 23.3 Å². The van der Waals surface area contributed by atoms with Gasteiger partial charge in [-0.1, -0.05) is 19.1 Å². The maximum atomic E-state index is 12.5. The van der Waals surface area contributed by atoms with Crippen LogP contribution in [0.4, 0.5) is 17.1 Å². The van der Waals surface area contributed by atoms with Crippen molar-refractivity contribution in [2.45, 2.75) is 39.2 Å². The number of esters is 1. The van der Waals surface area contributed by atoms with Gasteiger partial charge in [0.2, 0.25) is 0 Å². The van der Waals surface area contributed by atoms with Gasteiger partial charge in [-0.25, -0.2) is 4.79 Å². The van der Waals surface area contributed by atoms with Gasteiger partial charge in [0.05, 0.1) is 10.5 Å². The summed E-state index contributed by atoms with van der Waals surface area (Å²) in [6.45, 7) is 5.00. The van der Waals surface area contributed by atoms with Gasteiger partial charge >= 0.3 is 5.97 Å². The summed E-state index contributed by atoms with van der Waals surface area (Å²) in [6.07, 6.45) is 1.80. The number of hydrogen-bond acceptors (Lipinski definition) is 6. The van der Waals surface area contributed by atoms with Crippen molar-refractivity contribution in [3.8, 4) is 0 Å². The molecule has 0 saturated carbocycles. The van der Waals surface area contributed by atoms with E-state index in [0.717, 1.165) is 37.9 Å². The Morgan fingerprint density at radius 2 is 1.83 bits per heavy atom. The van der Waals surface area contributed by atoms with Crippen molar-refractivity contribution in [2.24, 2.45) is 0 Å². The first-order valence-corrected chi connectivity index (χ1v) is 10.0. The van der Waals surface area contributed by atoms with Gasteiger partial charge in [0.25, 0.3) is 11.6 Å². The number of nitrogens with one attached hydrogen (secondary N) is 1. The molecule has 0 unspecified atom stereocenters. The Balaban J connectivity index is 1.67. The zero-order valence-electron chi connectivity index (χ0n) is 17.1. The number of aryl methyl sites for hydroxylation is 1. The lowest BCUT2D eigenvalue weighted by Crippen LogP contribution is -2.30. The Morgan fingerprint density at radius 3 is 2.43 bits per heavy atom. The Labute approximate surface area is 175 Å². The molecule has 8 heteroatoms. The molecular formula is C22H25N3O5. The average molecular weight is 411 g/mol. The Hall–Kier alpha value is -3.42. The molecule has 1 aliphatic rings. The average Bonchev–Trinajstić information content (AvgIpc) is 3.28. The van der Waals surface area contributed by atoms with E-state index in [1.165, 1.54) is 19.1 Å². The van der Waals surface area contributed by atoms with Crippen LogP contribution in [-0.2, 0) is 16.0 Å². The van der Waals surface area contributed by atoms with Gasteiger partial charge in [-0.05, 0) is 56.0 Å². The molecule has 158 valence electrons. The molecule has 0 aromatic heterocycles. The zero-order chi connectivity index (χ0) is 21.7. The predicted molar refractivity (Wildman–Crippen MR) is 114 cm³/mol. The first-order chi connectivity index (χ1) is 14.4. The minimum Gasteiger partial charge on any atom is -0.449 e. The molecule has 1 amide bonds. The van der Waals surface area contributed by atoms with Crippen LogP contribution in [0.25, 0.3) is 0 Å². The first kappa shape index (κ1) is 21.3. The number of carbonyl (C=O) groups is 2. The number of rotatable bonds is 7. The van der Waals surface area contributed by atoms with Crippen molar-refractivity contribution in [3.05, 3.63) is 63.7 Å². The minimum absolute atomic E-state index is 0.0385. The molecule has 1 saturated heterocycles. The quantitative estimate of drug-likeness (QED) is 0.421. The summed E-state index contributed by atoms with van der Waals surface area (Å²) in [5, 5.41) is 14.2. The molecular weight excluding hydrogens is 386 g/mol. The number of amides is 1. The molecule has 8 nitrogen and oxygen atoms in total. The van der Waals surface area contributed by atoms with Gasteiger partial charge in [-0.2, -0.15) is 0 Å². The monoisotopic (exact) mass is 411 g/mol. The first-order valence-electron chi connectivity index (χ1n) is 10.0. The second kappa shape index (κ2) is 9.39. The molecule has 3 rings (SSSR count). The van der Waals surface area contributed by atoms with Gasteiger partial charge in [-0.3, -0.25) is 14.9 Å². The lowest BCUT2D eigenvalue weighted by molar-refractivity contribution is -0.384. The molecule has 1 aliphatic heterocycles. The summed E-state index contributed by atoms with van der Waals surface area (Å²) in [6, 6.07) is 11.7. The van der Waals surface area contributed by atoms with E-state index in [0.29, 0.717) is 11.4 Å². The van der Waals surface area contributed by atoms with Crippen LogP contribution in [0.3, 0.4) is 0 Å². The maximum Gasteiger partial charge on any atom is 0.339 e. The molecule has 1 fully saturated rings. The van der Waals surface area contributed by atoms with E-state index in [1.807, 2.05) is 24.0 Å². The summed E-state index contributed by atoms with van der Waals surface area (Å²) in [7, 11) is 0. The number of anilines is 2. The van der Waals surface area contributed by atoms with Crippen molar-refractivity contribution < 1.29 is 19.2 Å². The number of hydrogen-bond donors (Lipinski definition) is 1. The van der Waals surface area contributed by atoms with Crippen molar-refractivity contribution >= 4 is 28.9 Å². The van der Waals surface area contributed by atoms with E-state index in [2.05, 4.69) is 5.32 Å². The standard InChI is InChI=1S/C22H25N3O5/c1-3-16-6-9-18(10-7-16)23-21(26)15(2)30-22(27)17-8-11-19(20(14-17)25(28)29)24-12-4-5-13-24/h6-11,14-15H,3-5,12-13H2,1-2H3,(H,23,26)/t15-/m0/s1. The summed E-state index contributed by atoms with van der Waals surface area (Å²) < 4.78 is 5.23. The van der Waals surface area contributed by atoms with Crippen LogP contribution in [0.2, 0.25) is 0 Å². The minimum atomic E-state index is -1.05. The van der Waals surface area contributed by atoms with Crippen LogP contribution in [0, 0.1) is 10.1 Å². The summed E-state index contributed by atoms with van der Waals surface area (Å²) >= 11 is 0. The summed E-state index contributed by atoms with van der Waals surface area (Å²) in [4.78, 5) is 37.7. The topological polar surface area (TPSA) is 102 Å². The lowest BCUT2D eigenvalue weighted by Gasteiger charge is -2.18. The molecule has 1 N–H and O–H groups in total. The number of ether oxygens (including phenoxy) is 1. The largest absolute Gasteiger partial charge is 0.449 e. The van der Waals surface area contributed by atoms with Gasteiger partial charge in [-0.15, -0.1) is 0 Å². The van der Waals surface area contributed by atoms with Crippen LogP contribution in [-0.4, -0.2) is 36.0 Å². The second-order valence-corrected chi connectivity index (χ2v) is 7.24. The van der Waals surface area contributed by atoms with Crippen LogP contribution < -0.4 is 10.2 Å². The molecule has 0 aliphatic carbocycles. The van der Waals surface area contributed by atoms with Gasteiger partial charge in [0.1, 0.15) is 5.69 Å². The van der Waals surface area contributed by atoms with E-state index >= 15 is 0 Å². The van der Waals surface area contributed by atoms with E-state index in [9.17, 15) is 19.7 Å². The van der Waals surface area contributed by atoms with Crippen molar-refractivity contribution in [3.63, 3.8) is 0 Å². The predicted octanol–water partition coefficient (Wildman–Crippen LogP) is 3.94. The molecule has 2 aromatic rings. The third kappa shape index (κ3) is 4.94. The third-order valence-electron chi connectivity index (χ3n) is 5.14. The molecule has 0 spiro atoms. The fourth-order valence-electron chi connectivity index (χ4n) is 3.37. The molecule has 1 atom stereocenters. The zero-order valence-corrected chi connectivity index (χ0v) is 17.1. The fourth-order valence-corrected chi connectivity index (χ4v) is 3.37. The van der Waals surface area contributed by atoms with E-state index < -0.39 is 22.9 Å². The number of nitrogens with zero attached hydrogens (tertiary/aromatic N) is 2. The smallest absolute Gasteiger partial charge is 0.339 e. The fraction of sp³-hybridized carbons (Fsp3) is 0.364. The van der Waals surface area contributed by atoms with Crippen molar-refractivity contribution in [1.29, 1.82) is 0 Å². The molecule has 1 heterocycles. The summed E-state index contributed by atoms with van der Waals surface area (Å²) in [5.74, 6) is -1.26. The third-order valence-corrected chi connectivity index (χ3v) is 5.14. The number of nitro groups is 1. The Bertz CT molecular complexity index is 936. The van der Waals surface area contributed by atoms with E-state index in [1.54, 1.807) is 18.2 Å². The highest BCUT2D eigenvalue weighted by molar-refractivity contribution is 5.97. The van der Waals surface area contributed by atoms with E-state index in [-0.39, 0.29) is 11.3 Å². The highest BCUT2D eigenvalue weighted by Gasteiger charge is 2.25. The number of carbonyl (C=O) groups excluding carboxylic acids is 2. The molecule has 0 radical (unpaired) electrons. The highest BCUT2D eigenvalue weighted by atomic mass is 16.6. The summed E-state index contributed by atoms with van der Waals surface area (Å²) in [5.41, 5.74) is 2.14. The van der Waals surface area contributed by atoms with Gasteiger partial charge in [0.15, 0.2) is 6.10 Å². The van der Waals surface area contributed by atoms with Crippen LogP contribution in [0.1, 0.15) is 42.6 Å². The van der Waals surface area contributed by atoms with E-state index in [4.69, 9.17) is 4.74 Å². The normalized spacial score (nSPS) is 14.3.